The molecule has 0 aliphatic rings. The highest BCUT2D eigenvalue weighted by molar-refractivity contribution is 14.0. The lowest BCUT2D eigenvalue weighted by atomic mass is 10.3. The highest BCUT2D eigenvalue weighted by Gasteiger charge is 2.08. The number of para-hydroxylation sites is 1. The van der Waals surface area contributed by atoms with Crippen molar-refractivity contribution in [2.24, 2.45) is 4.99 Å². The van der Waals surface area contributed by atoms with Crippen LogP contribution in [0.4, 0.5) is 0 Å². The van der Waals surface area contributed by atoms with Crippen LogP contribution >= 0.6 is 24.0 Å². The van der Waals surface area contributed by atoms with Crippen molar-refractivity contribution in [1.82, 2.24) is 25.4 Å². The van der Waals surface area contributed by atoms with Gasteiger partial charge in [-0.3, -0.25) is 9.56 Å². The fourth-order valence-corrected chi connectivity index (χ4v) is 2.07. The summed E-state index contributed by atoms with van der Waals surface area (Å²) in [5.74, 6) is 1.51. The summed E-state index contributed by atoms with van der Waals surface area (Å²) >= 11 is 0. The molecule has 1 heterocycles. The lowest BCUT2D eigenvalue weighted by molar-refractivity contribution is 0.179. The normalized spacial score (nSPS) is 12.4. The van der Waals surface area contributed by atoms with Gasteiger partial charge in [-0.25, -0.2) is 0 Å². The molecule has 0 saturated heterocycles. The largest absolute Gasteiger partial charge is 0.383 e. The Bertz CT molecular complexity index is 601. The van der Waals surface area contributed by atoms with Gasteiger partial charge in [-0.15, -0.1) is 34.2 Å². The van der Waals surface area contributed by atoms with E-state index in [9.17, 15) is 0 Å². The summed E-state index contributed by atoms with van der Waals surface area (Å²) in [7, 11) is 3.41. The van der Waals surface area contributed by atoms with Crippen molar-refractivity contribution in [3.63, 3.8) is 0 Å². The number of nitrogens with one attached hydrogen (secondary N) is 2. The van der Waals surface area contributed by atoms with Crippen molar-refractivity contribution < 1.29 is 4.74 Å². The van der Waals surface area contributed by atoms with Crippen molar-refractivity contribution in [1.29, 1.82) is 0 Å². The monoisotopic (exact) mass is 430 g/mol. The zero-order valence-electron chi connectivity index (χ0n) is 13.6. The number of guanidine groups is 1. The molecule has 0 aliphatic heterocycles. The zero-order chi connectivity index (χ0) is 15.8. The Morgan fingerprint density at radius 3 is 2.74 bits per heavy atom. The summed E-state index contributed by atoms with van der Waals surface area (Å²) in [5, 5.41) is 14.6. The van der Waals surface area contributed by atoms with Gasteiger partial charge in [0.15, 0.2) is 11.8 Å². The van der Waals surface area contributed by atoms with Crippen LogP contribution in [0.15, 0.2) is 41.7 Å². The van der Waals surface area contributed by atoms with Crippen LogP contribution in [0.25, 0.3) is 5.69 Å². The fourth-order valence-electron chi connectivity index (χ4n) is 2.07. The minimum absolute atomic E-state index is 0. The van der Waals surface area contributed by atoms with Crippen molar-refractivity contribution in [2.75, 3.05) is 20.8 Å². The minimum atomic E-state index is 0. The smallest absolute Gasteiger partial charge is 0.191 e. The molecule has 23 heavy (non-hydrogen) atoms. The molecular formula is C15H23IN6O. The standard InChI is InChI=1S/C15H22N6O.HI/c1-12(10-22-3)19-15(16-2)17-9-14-20-18-11-21(14)13-7-5-4-6-8-13;/h4-8,11-12H,9-10H2,1-3H3,(H2,16,17,19);1H. The molecule has 1 atom stereocenters. The van der Waals surface area contributed by atoms with Crippen molar-refractivity contribution >= 4 is 29.9 Å². The van der Waals surface area contributed by atoms with E-state index < -0.39 is 0 Å². The summed E-state index contributed by atoms with van der Waals surface area (Å²) in [4.78, 5) is 4.19. The van der Waals surface area contributed by atoms with E-state index in [1.165, 1.54) is 0 Å². The second-order valence-electron chi connectivity index (χ2n) is 4.88. The number of benzene rings is 1. The Balaban J connectivity index is 0.00000264. The van der Waals surface area contributed by atoms with Crippen LogP contribution in [0.2, 0.25) is 0 Å². The van der Waals surface area contributed by atoms with E-state index in [4.69, 9.17) is 4.74 Å². The molecule has 0 saturated carbocycles. The molecule has 2 rings (SSSR count). The van der Waals surface area contributed by atoms with Crippen molar-refractivity contribution in [3.8, 4) is 5.69 Å². The number of hydrogen-bond donors (Lipinski definition) is 2. The van der Waals surface area contributed by atoms with E-state index in [-0.39, 0.29) is 30.0 Å². The lowest BCUT2D eigenvalue weighted by Crippen LogP contribution is -2.43. The predicted molar refractivity (Wildman–Crippen MR) is 101 cm³/mol. The van der Waals surface area contributed by atoms with Gasteiger partial charge in [0.25, 0.3) is 0 Å². The van der Waals surface area contributed by atoms with Crippen molar-refractivity contribution in [3.05, 3.63) is 42.5 Å². The van der Waals surface area contributed by atoms with Gasteiger partial charge in [-0.2, -0.15) is 0 Å². The maximum atomic E-state index is 5.10. The molecule has 0 spiro atoms. The first-order chi connectivity index (χ1) is 10.7. The van der Waals surface area contributed by atoms with E-state index >= 15 is 0 Å². The number of halogens is 1. The third-order valence-corrected chi connectivity index (χ3v) is 3.09. The number of ether oxygens (including phenoxy) is 1. The molecule has 8 heteroatoms. The van der Waals surface area contributed by atoms with E-state index in [0.29, 0.717) is 19.1 Å². The topological polar surface area (TPSA) is 76.4 Å². The average molecular weight is 430 g/mol. The van der Waals surface area contributed by atoms with Gasteiger partial charge in [0.1, 0.15) is 6.33 Å². The Kier molecular flexibility index (Phi) is 8.56. The number of aromatic nitrogens is 3. The molecule has 1 aromatic carbocycles. The first-order valence-corrected chi connectivity index (χ1v) is 7.15. The Morgan fingerprint density at radius 1 is 1.35 bits per heavy atom. The number of rotatable bonds is 6. The summed E-state index contributed by atoms with van der Waals surface area (Å²) in [5.41, 5.74) is 1.03. The molecule has 7 nitrogen and oxygen atoms in total. The summed E-state index contributed by atoms with van der Waals surface area (Å²) in [6, 6.07) is 10.2. The average Bonchev–Trinajstić information content (AvgIpc) is 3.01. The lowest BCUT2D eigenvalue weighted by Gasteiger charge is -2.17. The summed E-state index contributed by atoms with van der Waals surface area (Å²) in [6.07, 6.45) is 1.70. The SMILES string of the molecule is CN=C(NCc1nncn1-c1ccccc1)NC(C)COC.I. The molecule has 0 aliphatic carbocycles. The molecule has 1 aromatic heterocycles. The van der Waals surface area contributed by atoms with Crippen LogP contribution in [0.3, 0.4) is 0 Å². The van der Waals surface area contributed by atoms with Gasteiger partial charge < -0.3 is 15.4 Å². The maximum Gasteiger partial charge on any atom is 0.191 e. The molecule has 2 N–H and O–H groups in total. The van der Waals surface area contributed by atoms with Gasteiger partial charge >= 0.3 is 0 Å². The highest BCUT2D eigenvalue weighted by atomic mass is 127. The van der Waals surface area contributed by atoms with Gasteiger partial charge in [0, 0.05) is 25.9 Å². The molecule has 0 radical (unpaired) electrons. The van der Waals surface area contributed by atoms with E-state index in [1.807, 2.05) is 41.8 Å². The van der Waals surface area contributed by atoms with Crippen LogP contribution in [-0.2, 0) is 11.3 Å². The summed E-state index contributed by atoms with van der Waals surface area (Å²) < 4.78 is 7.05. The van der Waals surface area contributed by atoms with Gasteiger partial charge in [0.2, 0.25) is 0 Å². The Labute approximate surface area is 153 Å². The molecule has 0 amide bonds. The Morgan fingerprint density at radius 2 is 2.09 bits per heavy atom. The molecule has 126 valence electrons. The van der Waals surface area contributed by atoms with Gasteiger partial charge in [-0.05, 0) is 19.1 Å². The van der Waals surface area contributed by atoms with Crippen LogP contribution in [0.5, 0.6) is 0 Å². The number of methoxy groups -OCH3 is 1. The zero-order valence-corrected chi connectivity index (χ0v) is 15.9. The molecule has 0 fully saturated rings. The number of aliphatic imine (C=N–C) groups is 1. The second-order valence-corrected chi connectivity index (χ2v) is 4.88. The molecule has 0 bridgehead atoms. The second kappa shape index (κ2) is 10.2. The quantitative estimate of drug-likeness (QED) is 0.414. The third kappa shape index (κ3) is 5.79. The van der Waals surface area contributed by atoms with E-state index in [1.54, 1.807) is 20.5 Å². The van der Waals surface area contributed by atoms with Gasteiger partial charge in [-0.1, -0.05) is 18.2 Å². The third-order valence-electron chi connectivity index (χ3n) is 3.09. The van der Waals surface area contributed by atoms with Gasteiger partial charge in [0.05, 0.1) is 13.2 Å². The minimum Gasteiger partial charge on any atom is -0.383 e. The maximum absolute atomic E-state index is 5.10. The van der Waals surface area contributed by atoms with Crippen molar-refractivity contribution in [2.45, 2.75) is 19.5 Å². The Hall–Kier alpha value is -1.68. The fraction of sp³-hybridized carbons (Fsp3) is 0.400. The first kappa shape index (κ1) is 19.4. The van der Waals surface area contributed by atoms with E-state index in [0.717, 1.165) is 11.5 Å². The molecular weight excluding hydrogens is 407 g/mol. The number of nitrogens with zero attached hydrogens (tertiary/aromatic N) is 4. The van der Waals surface area contributed by atoms with E-state index in [2.05, 4.69) is 25.8 Å². The molecule has 2 aromatic rings. The molecule has 1 unspecified atom stereocenters. The van der Waals surface area contributed by atoms with Crippen LogP contribution in [0.1, 0.15) is 12.7 Å². The number of hydrogen-bond acceptors (Lipinski definition) is 4. The van der Waals surface area contributed by atoms with Crippen LogP contribution in [-0.4, -0.2) is 47.5 Å². The first-order valence-electron chi connectivity index (χ1n) is 7.15. The van der Waals surface area contributed by atoms with Crippen LogP contribution < -0.4 is 10.6 Å². The highest BCUT2D eigenvalue weighted by Crippen LogP contribution is 2.08. The van der Waals surface area contributed by atoms with Crippen LogP contribution in [0, 0.1) is 0 Å². The summed E-state index contributed by atoms with van der Waals surface area (Å²) in [6.45, 7) is 3.16. The predicted octanol–water partition coefficient (Wildman–Crippen LogP) is 1.59.